The first-order valence-electron chi connectivity index (χ1n) is 6.32. The Kier molecular flexibility index (Phi) is 4.53. The minimum Gasteiger partial charge on any atom is -0.350 e. The quantitative estimate of drug-likeness (QED) is 0.813. The molecule has 17 heavy (non-hydrogen) atoms. The van der Waals surface area contributed by atoms with Gasteiger partial charge in [0.1, 0.15) is 5.82 Å². The number of nitrogens with zero attached hydrogens (tertiary/aromatic N) is 2. The summed E-state index contributed by atoms with van der Waals surface area (Å²) in [5, 5.41) is 3.44. The van der Waals surface area contributed by atoms with E-state index in [1.807, 2.05) is 12.4 Å². The maximum absolute atomic E-state index is 5.50. The Hall–Kier alpha value is -0.910. The molecule has 1 aromatic rings. The van der Waals surface area contributed by atoms with Gasteiger partial charge in [-0.1, -0.05) is 6.92 Å². The highest BCUT2D eigenvalue weighted by Crippen LogP contribution is 2.21. The molecule has 96 valence electrons. The van der Waals surface area contributed by atoms with E-state index in [1.54, 1.807) is 0 Å². The van der Waals surface area contributed by atoms with Gasteiger partial charge in [-0.15, -0.1) is 0 Å². The van der Waals surface area contributed by atoms with E-state index in [9.17, 15) is 0 Å². The van der Waals surface area contributed by atoms with Gasteiger partial charge in [0.2, 0.25) is 0 Å². The molecule has 1 aromatic heterocycles. The van der Waals surface area contributed by atoms with Crippen LogP contribution in [0, 0.1) is 0 Å². The molecule has 1 aliphatic heterocycles. The summed E-state index contributed by atoms with van der Waals surface area (Å²) in [6.07, 6.45) is 4.57. The van der Waals surface area contributed by atoms with Crippen molar-refractivity contribution in [2.24, 2.45) is 0 Å². The van der Waals surface area contributed by atoms with Crippen LogP contribution >= 0.6 is 0 Å². The second-order valence-corrected chi connectivity index (χ2v) is 4.09. The van der Waals surface area contributed by atoms with Crippen LogP contribution in [0.2, 0.25) is 0 Å². The van der Waals surface area contributed by atoms with E-state index < -0.39 is 0 Å². The molecule has 1 atom stereocenters. The van der Waals surface area contributed by atoms with Crippen LogP contribution in [0.1, 0.15) is 32.1 Å². The minimum atomic E-state index is -0.0962. The van der Waals surface area contributed by atoms with E-state index in [2.05, 4.69) is 28.7 Å². The van der Waals surface area contributed by atoms with Crippen molar-refractivity contribution in [3.05, 3.63) is 18.2 Å². The summed E-state index contributed by atoms with van der Waals surface area (Å²) >= 11 is 0. The average Bonchev–Trinajstić information content (AvgIpc) is 2.98. The zero-order chi connectivity index (χ0) is 12.1. The number of hydrogen-bond donors (Lipinski definition) is 1. The third-order valence-electron chi connectivity index (χ3n) is 2.97. The van der Waals surface area contributed by atoms with Gasteiger partial charge in [0, 0.05) is 25.4 Å². The lowest BCUT2D eigenvalue weighted by Crippen LogP contribution is -2.28. The largest absolute Gasteiger partial charge is 0.350 e. The molecular formula is C12H21N3O2. The van der Waals surface area contributed by atoms with Gasteiger partial charge in [-0.05, 0) is 13.5 Å². The smallest absolute Gasteiger partial charge is 0.159 e. The third-order valence-corrected chi connectivity index (χ3v) is 2.97. The summed E-state index contributed by atoms with van der Waals surface area (Å²) in [4.78, 5) is 4.44. The number of hydrogen-bond acceptors (Lipinski definition) is 4. The van der Waals surface area contributed by atoms with Gasteiger partial charge in [0.05, 0.1) is 19.3 Å². The molecule has 0 aromatic carbocycles. The fourth-order valence-corrected chi connectivity index (χ4v) is 2.16. The lowest BCUT2D eigenvalue weighted by atomic mass is 10.2. The van der Waals surface area contributed by atoms with Crippen molar-refractivity contribution >= 4 is 0 Å². The van der Waals surface area contributed by atoms with E-state index in [-0.39, 0.29) is 12.3 Å². The van der Waals surface area contributed by atoms with E-state index in [4.69, 9.17) is 9.47 Å². The minimum absolute atomic E-state index is 0.0962. The molecule has 0 spiro atoms. The Labute approximate surface area is 102 Å². The standard InChI is InChI=1S/C12H21N3O2/c1-3-13-10(9-11-16-7-8-17-11)12-14-5-6-15(12)4-2/h5-6,10-11,13H,3-4,7-9H2,1-2H3. The van der Waals surface area contributed by atoms with Crippen LogP contribution in [0.25, 0.3) is 0 Å². The van der Waals surface area contributed by atoms with Crippen LogP contribution in [0.3, 0.4) is 0 Å². The zero-order valence-corrected chi connectivity index (χ0v) is 10.6. The molecule has 1 unspecified atom stereocenters. The lowest BCUT2D eigenvalue weighted by Gasteiger charge is -2.21. The Morgan fingerprint density at radius 2 is 2.24 bits per heavy atom. The molecule has 5 nitrogen and oxygen atoms in total. The monoisotopic (exact) mass is 239 g/mol. The summed E-state index contributed by atoms with van der Waals surface area (Å²) in [6, 6.07) is 0.193. The van der Waals surface area contributed by atoms with Crippen LogP contribution in [-0.4, -0.2) is 35.6 Å². The lowest BCUT2D eigenvalue weighted by molar-refractivity contribution is -0.0536. The van der Waals surface area contributed by atoms with Crippen molar-refractivity contribution in [2.75, 3.05) is 19.8 Å². The van der Waals surface area contributed by atoms with Gasteiger partial charge >= 0.3 is 0 Å². The molecular weight excluding hydrogens is 218 g/mol. The molecule has 2 heterocycles. The zero-order valence-electron chi connectivity index (χ0n) is 10.6. The normalized spacial score (nSPS) is 18.7. The summed E-state index contributed by atoms with van der Waals surface area (Å²) in [7, 11) is 0. The van der Waals surface area contributed by atoms with E-state index in [0.717, 1.165) is 25.3 Å². The van der Waals surface area contributed by atoms with Gasteiger partial charge in [-0.3, -0.25) is 0 Å². The van der Waals surface area contributed by atoms with Crippen molar-refractivity contribution in [3.63, 3.8) is 0 Å². The highest BCUT2D eigenvalue weighted by Gasteiger charge is 2.24. The number of aryl methyl sites for hydroxylation is 1. The average molecular weight is 239 g/mol. The van der Waals surface area contributed by atoms with Gasteiger partial charge < -0.3 is 19.4 Å². The molecule has 0 aliphatic carbocycles. The fourth-order valence-electron chi connectivity index (χ4n) is 2.16. The molecule has 5 heteroatoms. The first kappa shape index (κ1) is 12.5. The molecule has 1 fully saturated rings. The van der Waals surface area contributed by atoms with Crippen LogP contribution in [0.5, 0.6) is 0 Å². The number of ether oxygens (including phenoxy) is 2. The maximum atomic E-state index is 5.50. The number of imidazole rings is 1. The molecule has 0 bridgehead atoms. The first-order valence-corrected chi connectivity index (χ1v) is 6.32. The Bertz CT molecular complexity index is 334. The second kappa shape index (κ2) is 6.14. The molecule has 1 aliphatic rings. The highest BCUT2D eigenvalue weighted by atomic mass is 16.7. The van der Waals surface area contributed by atoms with Gasteiger partial charge in [-0.25, -0.2) is 4.98 Å². The summed E-state index contributed by atoms with van der Waals surface area (Å²) in [5.41, 5.74) is 0. The first-order chi connectivity index (χ1) is 8.35. The molecule has 0 amide bonds. The highest BCUT2D eigenvalue weighted by molar-refractivity contribution is 5.00. The van der Waals surface area contributed by atoms with Crippen molar-refractivity contribution in [1.82, 2.24) is 14.9 Å². The summed E-state index contributed by atoms with van der Waals surface area (Å²) < 4.78 is 13.2. The Balaban J connectivity index is 2.04. The molecule has 2 rings (SSSR count). The SMILES string of the molecule is CCNC(CC1OCCO1)c1nccn1CC. The number of aromatic nitrogens is 2. The topological polar surface area (TPSA) is 48.3 Å². The molecule has 1 saturated heterocycles. The van der Waals surface area contributed by atoms with E-state index in [1.165, 1.54) is 0 Å². The van der Waals surface area contributed by atoms with Crippen molar-refractivity contribution in [1.29, 1.82) is 0 Å². The predicted octanol–water partition coefficient (Wildman–Crippen LogP) is 1.32. The van der Waals surface area contributed by atoms with Crippen LogP contribution in [0.15, 0.2) is 12.4 Å². The molecule has 0 saturated carbocycles. The van der Waals surface area contributed by atoms with E-state index >= 15 is 0 Å². The Morgan fingerprint density at radius 1 is 1.47 bits per heavy atom. The Morgan fingerprint density at radius 3 is 2.88 bits per heavy atom. The van der Waals surface area contributed by atoms with Crippen molar-refractivity contribution < 1.29 is 9.47 Å². The van der Waals surface area contributed by atoms with Crippen molar-refractivity contribution in [2.45, 2.75) is 39.1 Å². The fraction of sp³-hybridized carbons (Fsp3) is 0.750. The predicted molar refractivity (Wildman–Crippen MR) is 64.6 cm³/mol. The van der Waals surface area contributed by atoms with Crippen LogP contribution in [-0.2, 0) is 16.0 Å². The number of nitrogens with one attached hydrogen (secondary N) is 1. The maximum Gasteiger partial charge on any atom is 0.159 e. The second-order valence-electron chi connectivity index (χ2n) is 4.09. The van der Waals surface area contributed by atoms with E-state index in [0.29, 0.717) is 13.2 Å². The summed E-state index contributed by atoms with van der Waals surface area (Å²) in [5.74, 6) is 1.06. The van der Waals surface area contributed by atoms with Gasteiger partial charge in [-0.2, -0.15) is 0 Å². The van der Waals surface area contributed by atoms with Gasteiger partial charge in [0.15, 0.2) is 6.29 Å². The third kappa shape index (κ3) is 3.06. The molecule has 1 N–H and O–H groups in total. The van der Waals surface area contributed by atoms with Crippen molar-refractivity contribution in [3.8, 4) is 0 Å². The van der Waals surface area contributed by atoms with Gasteiger partial charge in [0.25, 0.3) is 0 Å². The number of rotatable bonds is 6. The molecule has 0 radical (unpaired) electrons. The van der Waals surface area contributed by atoms with Crippen LogP contribution < -0.4 is 5.32 Å². The summed E-state index contributed by atoms with van der Waals surface area (Å²) in [6.45, 7) is 7.47. The van der Waals surface area contributed by atoms with Crippen LogP contribution in [0.4, 0.5) is 0 Å².